The van der Waals surface area contributed by atoms with Crippen LogP contribution < -0.4 is 15.0 Å². The number of hydrogen-bond donors (Lipinski definition) is 1. The molecule has 1 saturated heterocycles. The van der Waals surface area contributed by atoms with E-state index in [1.165, 1.54) is 18.2 Å². The second-order valence-electron chi connectivity index (χ2n) is 7.92. The van der Waals surface area contributed by atoms with Crippen molar-refractivity contribution in [3.63, 3.8) is 0 Å². The van der Waals surface area contributed by atoms with Gasteiger partial charge in [0.15, 0.2) is 0 Å². The number of halogens is 3. The van der Waals surface area contributed by atoms with Gasteiger partial charge in [0.2, 0.25) is 0 Å². The maximum Gasteiger partial charge on any atom is 0.335 e. The van der Waals surface area contributed by atoms with E-state index >= 15 is 0 Å². The number of benzene rings is 3. The number of amides is 4. The summed E-state index contributed by atoms with van der Waals surface area (Å²) >= 11 is 10.3. The van der Waals surface area contributed by atoms with Gasteiger partial charge in [-0.1, -0.05) is 15.9 Å². The monoisotopic (exact) mass is 691 g/mol. The molecule has 1 aliphatic rings. The number of ether oxygens (including phenoxy) is 1. The Morgan fingerprint density at radius 1 is 0.973 bits per heavy atom. The first-order valence-electron chi connectivity index (χ1n) is 10.6. The van der Waals surface area contributed by atoms with E-state index in [0.717, 1.165) is 20.5 Å². The van der Waals surface area contributed by atoms with E-state index in [1.807, 2.05) is 6.92 Å². The predicted octanol–water partition coefficient (Wildman–Crippen LogP) is 6.44. The van der Waals surface area contributed by atoms with Gasteiger partial charge in [-0.15, -0.1) is 0 Å². The summed E-state index contributed by atoms with van der Waals surface area (Å²) in [5.74, 6) is -1.09. The minimum Gasteiger partial charge on any atom is -0.487 e. The van der Waals surface area contributed by atoms with Gasteiger partial charge >= 0.3 is 6.03 Å². The number of nitro benzene ring substituents is 1. The largest absolute Gasteiger partial charge is 0.487 e. The highest BCUT2D eigenvalue weighted by Gasteiger charge is 2.37. The molecule has 37 heavy (non-hydrogen) atoms. The summed E-state index contributed by atoms with van der Waals surface area (Å²) in [5.41, 5.74) is 2.16. The quantitative estimate of drug-likeness (QED) is 0.138. The Hall–Kier alpha value is -3.35. The Balaban J connectivity index is 1.58. The summed E-state index contributed by atoms with van der Waals surface area (Å²) in [5, 5.41) is 13.0. The minimum atomic E-state index is -0.828. The fraction of sp³-hybridized carbons (Fsp3) is 0.0800. The van der Waals surface area contributed by atoms with Crippen molar-refractivity contribution in [2.75, 3.05) is 4.90 Å². The number of nitrogens with one attached hydrogen (secondary N) is 1. The molecule has 0 bridgehead atoms. The number of carbonyl (C=O) groups is 3. The molecule has 3 aromatic carbocycles. The molecule has 1 fully saturated rings. The Kier molecular flexibility index (Phi) is 7.90. The Morgan fingerprint density at radius 3 is 2.22 bits per heavy atom. The molecule has 188 valence electrons. The van der Waals surface area contributed by atoms with E-state index in [2.05, 4.69) is 53.1 Å². The number of nitro groups is 1. The smallest absolute Gasteiger partial charge is 0.335 e. The molecule has 4 rings (SSSR count). The number of barbiturate groups is 1. The molecule has 4 amide bonds. The fourth-order valence-corrected chi connectivity index (χ4v) is 5.19. The van der Waals surface area contributed by atoms with Gasteiger partial charge in [0.1, 0.15) is 17.9 Å². The van der Waals surface area contributed by atoms with Crippen molar-refractivity contribution >= 4 is 83.1 Å². The van der Waals surface area contributed by atoms with Crippen LogP contribution in [-0.4, -0.2) is 22.8 Å². The fourth-order valence-electron chi connectivity index (χ4n) is 3.50. The summed E-state index contributed by atoms with van der Waals surface area (Å²) in [6.45, 7) is 1.97. The van der Waals surface area contributed by atoms with Crippen LogP contribution >= 0.6 is 47.8 Å². The highest BCUT2D eigenvalue weighted by atomic mass is 79.9. The molecular weight excluding hydrogens is 678 g/mol. The number of aryl methyl sites for hydroxylation is 1. The molecule has 9 nitrogen and oxygen atoms in total. The summed E-state index contributed by atoms with van der Waals surface area (Å²) < 4.78 is 7.76. The Bertz CT molecular complexity index is 1460. The van der Waals surface area contributed by atoms with Crippen LogP contribution in [-0.2, 0) is 16.2 Å². The number of hydrogen-bond acceptors (Lipinski definition) is 6. The van der Waals surface area contributed by atoms with Crippen molar-refractivity contribution in [1.82, 2.24) is 5.32 Å². The van der Waals surface area contributed by atoms with Crippen molar-refractivity contribution in [2.24, 2.45) is 0 Å². The summed E-state index contributed by atoms with van der Waals surface area (Å²) in [6.07, 6.45) is 1.39. The molecule has 1 aliphatic heterocycles. The van der Waals surface area contributed by atoms with Crippen LogP contribution in [0.15, 0.2) is 73.6 Å². The lowest BCUT2D eigenvalue weighted by Crippen LogP contribution is -2.54. The van der Waals surface area contributed by atoms with Crippen LogP contribution in [0.2, 0.25) is 0 Å². The molecule has 0 unspecified atom stereocenters. The number of rotatable bonds is 6. The van der Waals surface area contributed by atoms with Gasteiger partial charge < -0.3 is 4.74 Å². The number of nitrogens with zero attached hydrogens (tertiary/aromatic N) is 2. The summed E-state index contributed by atoms with van der Waals surface area (Å²) in [6, 6.07) is 13.5. The molecule has 1 heterocycles. The van der Waals surface area contributed by atoms with E-state index in [-0.39, 0.29) is 17.9 Å². The molecule has 0 saturated carbocycles. The second kappa shape index (κ2) is 11.0. The maximum absolute atomic E-state index is 13.2. The third-order valence-electron chi connectivity index (χ3n) is 5.36. The van der Waals surface area contributed by atoms with Gasteiger partial charge in [0, 0.05) is 16.6 Å². The number of urea groups is 1. The zero-order valence-corrected chi connectivity index (χ0v) is 23.7. The minimum absolute atomic E-state index is 0.0136. The lowest BCUT2D eigenvalue weighted by atomic mass is 10.1. The van der Waals surface area contributed by atoms with Crippen LogP contribution in [0.5, 0.6) is 5.75 Å². The van der Waals surface area contributed by atoms with Gasteiger partial charge in [-0.05, 0) is 104 Å². The van der Waals surface area contributed by atoms with E-state index in [0.29, 0.717) is 25.9 Å². The second-order valence-corrected chi connectivity index (χ2v) is 10.5. The van der Waals surface area contributed by atoms with Crippen molar-refractivity contribution in [2.45, 2.75) is 13.5 Å². The molecule has 3 aromatic rings. The molecule has 0 aromatic heterocycles. The normalized spacial score (nSPS) is 14.6. The van der Waals surface area contributed by atoms with E-state index in [4.69, 9.17) is 4.74 Å². The third-order valence-corrected chi connectivity index (χ3v) is 7.43. The van der Waals surface area contributed by atoms with Gasteiger partial charge in [-0.25, -0.2) is 9.69 Å². The lowest BCUT2D eigenvalue weighted by Gasteiger charge is -2.26. The number of anilines is 1. The first-order chi connectivity index (χ1) is 17.5. The Labute approximate surface area is 236 Å². The van der Waals surface area contributed by atoms with Gasteiger partial charge in [0.05, 0.1) is 19.6 Å². The van der Waals surface area contributed by atoms with Crippen LogP contribution in [0.3, 0.4) is 0 Å². The molecule has 0 spiro atoms. The SMILES string of the molecule is Cc1cc(N2C(=O)NC(=O)/C(=C\c3cc(Br)c(OCc4ccc([N+](=O)[O-])cc4)c(Br)c3)C2=O)ccc1Br. The molecule has 0 aliphatic carbocycles. The molecule has 0 radical (unpaired) electrons. The highest BCUT2D eigenvalue weighted by molar-refractivity contribution is 9.11. The number of carbonyl (C=O) groups excluding carboxylic acids is 3. The van der Waals surface area contributed by atoms with E-state index in [9.17, 15) is 24.5 Å². The van der Waals surface area contributed by atoms with Crippen LogP contribution in [0.25, 0.3) is 6.08 Å². The standard InChI is InChI=1S/C25H16Br3N3O6/c1-13-8-17(6-7-19(13)26)30-24(33)18(23(32)29-25(30)34)9-15-10-20(27)22(21(28)11-15)37-12-14-2-4-16(5-3-14)31(35)36/h2-11H,12H2,1H3,(H,29,32,34)/b18-9+. The molecule has 12 heteroatoms. The maximum atomic E-state index is 13.2. The van der Waals surface area contributed by atoms with Crippen molar-refractivity contribution in [3.05, 3.63) is 100 Å². The average molecular weight is 694 g/mol. The zero-order chi connectivity index (χ0) is 26.9. The van der Waals surface area contributed by atoms with Crippen LogP contribution in [0.1, 0.15) is 16.7 Å². The highest BCUT2D eigenvalue weighted by Crippen LogP contribution is 2.36. The first kappa shape index (κ1) is 26.7. The third kappa shape index (κ3) is 5.81. The Morgan fingerprint density at radius 2 is 1.62 bits per heavy atom. The van der Waals surface area contributed by atoms with Crippen LogP contribution in [0, 0.1) is 17.0 Å². The van der Waals surface area contributed by atoms with E-state index in [1.54, 1.807) is 42.5 Å². The lowest BCUT2D eigenvalue weighted by molar-refractivity contribution is -0.384. The molecule has 1 N–H and O–H groups in total. The van der Waals surface area contributed by atoms with Gasteiger partial charge in [-0.2, -0.15) is 0 Å². The average Bonchev–Trinajstić information content (AvgIpc) is 2.83. The zero-order valence-electron chi connectivity index (χ0n) is 19.0. The van der Waals surface area contributed by atoms with Crippen molar-refractivity contribution in [3.8, 4) is 5.75 Å². The number of imide groups is 2. The van der Waals surface area contributed by atoms with Gasteiger partial charge in [-0.3, -0.25) is 25.0 Å². The van der Waals surface area contributed by atoms with E-state index < -0.39 is 22.8 Å². The summed E-state index contributed by atoms with van der Waals surface area (Å²) in [7, 11) is 0. The van der Waals surface area contributed by atoms with Crippen molar-refractivity contribution in [1.29, 1.82) is 0 Å². The number of non-ortho nitro benzene ring substituents is 1. The van der Waals surface area contributed by atoms with Crippen molar-refractivity contribution < 1.29 is 24.0 Å². The first-order valence-corrected chi connectivity index (χ1v) is 13.0. The van der Waals surface area contributed by atoms with Gasteiger partial charge in [0.25, 0.3) is 17.5 Å². The predicted molar refractivity (Wildman–Crippen MR) is 147 cm³/mol. The summed E-state index contributed by atoms with van der Waals surface area (Å²) in [4.78, 5) is 49.4. The van der Waals surface area contributed by atoms with Crippen LogP contribution in [0.4, 0.5) is 16.2 Å². The topological polar surface area (TPSA) is 119 Å². The molecule has 0 atom stereocenters. The molecular formula is C25H16Br3N3O6.